The van der Waals surface area contributed by atoms with Crippen LogP contribution in [0, 0.1) is 11.8 Å². The van der Waals surface area contributed by atoms with E-state index < -0.39 is 6.43 Å². The van der Waals surface area contributed by atoms with Crippen LogP contribution in [0.4, 0.5) is 8.78 Å². The fourth-order valence-electron chi connectivity index (χ4n) is 2.69. The van der Waals surface area contributed by atoms with E-state index in [1.165, 1.54) is 0 Å². The van der Waals surface area contributed by atoms with Gasteiger partial charge in [-0.05, 0) is 32.0 Å². The lowest BCUT2D eigenvalue weighted by Crippen LogP contribution is -2.33. The molecule has 1 aliphatic rings. The van der Waals surface area contributed by atoms with E-state index in [0.29, 0.717) is 5.92 Å². The predicted octanol–water partition coefficient (Wildman–Crippen LogP) is 2.16. The fraction of sp³-hybridized carbons (Fsp3) is 1.00. The second kappa shape index (κ2) is 6.50. The summed E-state index contributed by atoms with van der Waals surface area (Å²) >= 11 is 0. The molecule has 0 saturated carbocycles. The molecule has 0 aromatic carbocycles. The summed E-state index contributed by atoms with van der Waals surface area (Å²) in [6, 6.07) is 0. The molecule has 16 heavy (non-hydrogen) atoms. The van der Waals surface area contributed by atoms with Gasteiger partial charge in [-0.1, -0.05) is 13.8 Å². The molecule has 0 N–H and O–H groups in total. The Labute approximate surface area is 97.6 Å². The Morgan fingerprint density at radius 1 is 1.19 bits per heavy atom. The number of hydrogen-bond acceptors (Lipinski definition) is 2. The van der Waals surface area contributed by atoms with E-state index in [1.54, 1.807) is 0 Å². The third-order valence-corrected chi connectivity index (χ3v) is 3.63. The van der Waals surface area contributed by atoms with E-state index in [1.807, 2.05) is 7.05 Å². The second-order valence-corrected chi connectivity index (χ2v) is 4.85. The minimum absolute atomic E-state index is 0.0657. The van der Waals surface area contributed by atoms with E-state index in [-0.39, 0.29) is 12.3 Å². The minimum atomic E-state index is -2.16. The van der Waals surface area contributed by atoms with E-state index in [9.17, 15) is 8.78 Å². The summed E-state index contributed by atoms with van der Waals surface area (Å²) in [4.78, 5) is 4.52. The van der Waals surface area contributed by atoms with E-state index >= 15 is 0 Å². The van der Waals surface area contributed by atoms with Crippen molar-refractivity contribution >= 4 is 0 Å². The molecule has 2 nitrogen and oxygen atoms in total. The quantitative estimate of drug-likeness (QED) is 0.695. The number of rotatable bonds is 6. The Kier molecular flexibility index (Phi) is 5.62. The maximum absolute atomic E-state index is 12.5. The molecule has 1 heterocycles. The summed E-state index contributed by atoms with van der Waals surface area (Å²) in [7, 11) is 2.03. The average molecular weight is 234 g/mol. The van der Waals surface area contributed by atoms with Gasteiger partial charge in [0.05, 0.1) is 0 Å². The molecule has 0 spiro atoms. The molecule has 0 aromatic rings. The third-order valence-electron chi connectivity index (χ3n) is 3.63. The monoisotopic (exact) mass is 234 g/mol. The van der Waals surface area contributed by atoms with E-state index in [4.69, 9.17) is 0 Å². The number of alkyl halides is 2. The van der Waals surface area contributed by atoms with Crippen molar-refractivity contribution in [3.8, 4) is 0 Å². The Morgan fingerprint density at radius 3 is 2.25 bits per heavy atom. The molecule has 1 fully saturated rings. The van der Waals surface area contributed by atoms with Gasteiger partial charge in [0.25, 0.3) is 0 Å². The summed E-state index contributed by atoms with van der Waals surface area (Å²) in [5.74, 6) is 0.587. The molecule has 0 aromatic heterocycles. The van der Waals surface area contributed by atoms with Crippen LogP contribution >= 0.6 is 0 Å². The van der Waals surface area contributed by atoms with Crippen LogP contribution in [0.15, 0.2) is 0 Å². The van der Waals surface area contributed by atoms with Gasteiger partial charge in [-0.25, -0.2) is 8.78 Å². The molecule has 0 aliphatic carbocycles. The average Bonchev–Trinajstić information content (AvgIpc) is 2.54. The first kappa shape index (κ1) is 13.8. The molecule has 96 valence electrons. The van der Waals surface area contributed by atoms with Crippen LogP contribution in [-0.2, 0) is 0 Å². The molecule has 0 radical (unpaired) electrons. The van der Waals surface area contributed by atoms with Gasteiger partial charge in [-0.15, -0.1) is 0 Å². The third kappa shape index (κ3) is 3.98. The Balaban J connectivity index is 2.48. The number of hydrogen-bond donors (Lipinski definition) is 0. The van der Waals surface area contributed by atoms with Crippen molar-refractivity contribution in [2.45, 2.75) is 26.7 Å². The van der Waals surface area contributed by atoms with Crippen LogP contribution in [0.3, 0.4) is 0 Å². The highest BCUT2D eigenvalue weighted by Gasteiger charge is 2.33. The minimum Gasteiger partial charge on any atom is -0.306 e. The predicted molar refractivity (Wildman–Crippen MR) is 62.9 cm³/mol. The van der Waals surface area contributed by atoms with Crippen molar-refractivity contribution in [1.82, 2.24) is 9.80 Å². The zero-order valence-electron chi connectivity index (χ0n) is 10.6. The normalized spacial score (nSPS) is 27.2. The van der Waals surface area contributed by atoms with Crippen LogP contribution < -0.4 is 0 Å². The van der Waals surface area contributed by atoms with Crippen molar-refractivity contribution in [2.24, 2.45) is 11.8 Å². The lowest BCUT2D eigenvalue weighted by atomic mass is 9.92. The SMILES string of the molecule is CCN(CC)CC1CN(C)CC1CC(F)F. The molecule has 2 atom stereocenters. The standard InChI is InChI=1S/C12H24F2N2/c1-4-16(5-2)9-11-8-15(3)7-10(11)6-12(13)14/h10-12H,4-9H2,1-3H3. The van der Waals surface area contributed by atoms with Crippen LogP contribution in [0.2, 0.25) is 0 Å². The van der Waals surface area contributed by atoms with Gasteiger partial charge < -0.3 is 9.80 Å². The van der Waals surface area contributed by atoms with Crippen molar-refractivity contribution in [3.63, 3.8) is 0 Å². The van der Waals surface area contributed by atoms with Gasteiger partial charge in [0.15, 0.2) is 0 Å². The molecule has 0 bridgehead atoms. The number of nitrogens with zero attached hydrogens (tertiary/aromatic N) is 2. The molecule has 1 aliphatic heterocycles. The van der Waals surface area contributed by atoms with Crippen LogP contribution in [-0.4, -0.2) is 56.0 Å². The van der Waals surface area contributed by atoms with Crippen LogP contribution in [0.5, 0.6) is 0 Å². The summed E-state index contributed by atoms with van der Waals surface area (Å²) in [5.41, 5.74) is 0. The Bertz CT molecular complexity index is 195. The van der Waals surface area contributed by atoms with Crippen molar-refractivity contribution in [3.05, 3.63) is 0 Å². The smallest absolute Gasteiger partial charge is 0.239 e. The van der Waals surface area contributed by atoms with E-state index in [0.717, 1.165) is 32.7 Å². The molecule has 4 heteroatoms. The van der Waals surface area contributed by atoms with Crippen molar-refractivity contribution in [2.75, 3.05) is 39.8 Å². The molecule has 2 unspecified atom stereocenters. The number of likely N-dealkylation sites (tertiary alicyclic amines) is 1. The maximum Gasteiger partial charge on any atom is 0.239 e. The van der Waals surface area contributed by atoms with Gasteiger partial charge in [-0.2, -0.15) is 0 Å². The van der Waals surface area contributed by atoms with Gasteiger partial charge in [0.1, 0.15) is 0 Å². The summed E-state index contributed by atoms with van der Waals surface area (Å²) in [6.45, 7) is 9.05. The zero-order valence-corrected chi connectivity index (χ0v) is 10.6. The first-order valence-electron chi connectivity index (χ1n) is 6.25. The van der Waals surface area contributed by atoms with E-state index in [2.05, 4.69) is 23.6 Å². The highest BCUT2D eigenvalue weighted by Crippen LogP contribution is 2.28. The van der Waals surface area contributed by atoms with Gasteiger partial charge in [0, 0.05) is 26.1 Å². The Morgan fingerprint density at radius 2 is 1.75 bits per heavy atom. The first-order valence-corrected chi connectivity index (χ1v) is 6.25. The molecular formula is C12H24F2N2. The molecular weight excluding hydrogens is 210 g/mol. The molecule has 1 saturated heterocycles. The lowest BCUT2D eigenvalue weighted by Gasteiger charge is -2.25. The largest absolute Gasteiger partial charge is 0.306 e. The summed E-state index contributed by atoms with van der Waals surface area (Å²) < 4.78 is 24.9. The summed E-state index contributed by atoms with van der Waals surface area (Å²) in [6.07, 6.45) is -2.09. The highest BCUT2D eigenvalue weighted by atomic mass is 19.3. The van der Waals surface area contributed by atoms with Crippen LogP contribution in [0.25, 0.3) is 0 Å². The van der Waals surface area contributed by atoms with Crippen LogP contribution in [0.1, 0.15) is 20.3 Å². The van der Waals surface area contributed by atoms with Gasteiger partial charge >= 0.3 is 0 Å². The van der Waals surface area contributed by atoms with Gasteiger partial charge in [-0.3, -0.25) is 0 Å². The summed E-state index contributed by atoms with van der Waals surface area (Å²) in [5, 5.41) is 0. The molecule has 0 amide bonds. The topological polar surface area (TPSA) is 6.48 Å². The first-order chi connectivity index (χ1) is 7.56. The lowest BCUT2D eigenvalue weighted by molar-refractivity contribution is 0.101. The van der Waals surface area contributed by atoms with Crippen molar-refractivity contribution < 1.29 is 8.78 Å². The molecule has 1 rings (SSSR count). The van der Waals surface area contributed by atoms with Gasteiger partial charge in [0.2, 0.25) is 6.43 Å². The second-order valence-electron chi connectivity index (χ2n) is 4.85. The maximum atomic E-state index is 12.5. The highest BCUT2D eigenvalue weighted by molar-refractivity contribution is 4.84. The fourth-order valence-corrected chi connectivity index (χ4v) is 2.69. The zero-order chi connectivity index (χ0) is 12.1. The number of halogens is 2. The Hall–Kier alpha value is -0.220. The van der Waals surface area contributed by atoms with Crippen molar-refractivity contribution in [1.29, 1.82) is 0 Å².